The number of nitrogens with one attached hydrogen (secondary N) is 2. The number of rotatable bonds is 5. The molecule has 1 atom stereocenters. The maximum atomic E-state index is 13.1. The molecule has 2 aromatic carbocycles. The largest absolute Gasteiger partial charge is 0.369 e. The summed E-state index contributed by atoms with van der Waals surface area (Å²) in [6.07, 6.45) is 3.55. The zero-order chi connectivity index (χ0) is 31.3. The summed E-state index contributed by atoms with van der Waals surface area (Å²) in [5.74, 6) is 4.11. The zero-order valence-corrected chi connectivity index (χ0v) is 25.1. The van der Waals surface area contributed by atoms with Gasteiger partial charge in [0.15, 0.2) is 0 Å². The van der Waals surface area contributed by atoms with Crippen LogP contribution in [0, 0.1) is 24.7 Å². The van der Waals surface area contributed by atoms with E-state index in [2.05, 4.69) is 32.5 Å². The normalized spacial score (nSPS) is 18.4. The summed E-state index contributed by atoms with van der Waals surface area (Å²) in [5.41, 5.74) is 2.50. The van der Waals surface area contributed by atoms with Crippen LogP contribution in [0.4, 0.5) is 11.4 Å². The van der Waals surface area contributed by atoms with Gasteiger partial charge in [0.05, 0.1) is 28.8 Å². The van der Waals surface area contributed by atoms with Gasteiger partial charge in [-0.3, -0.25) is 38.9 Å². The van der Waals surface area contributed by atoms with Crippen molar-refractivity contribution in [3.05, 3.63) is 76.1 Å². The minimum atomic E-state index is -0.996. The van der Waals surface area contributed by atoms with Gasteiger partial charge in [0, 0.05) is 42.1 Å². The highest BCUT2D eigenvalue weighted by atomic mass is 35.5. The zero-order valence-electron chi connectivity index (χ0n) is 24.3. The fourth-order valence-corrected chi connectivity index (χ4v) is 5.55. The van der Waals surface area contributed by atoms with Gasteiger partial charge in [-0.25, -0.2) is 0 Å². The van der Waals surface area contributed by atoms with Crippen LogP contribution in [0.3, 0.4) is 0 Å². The number of carbonyl (C=O) groups is 5. The smallest absolute Gasteiger partial charge is 0.262 e. The number of carbonyl (C=O) groups excluding carboxylic acids is 5. The molecule has 0 aliphatic carbocycles. The summed E-state index contributed by atoms with van der Waals surface area (Å²) >= 11 is 6.19. The molecule has 2 N–H and O–H groups in total. The summed E-state index contributed by atoms with van der Waals surface area (Å²) < 4.78 is 1.58. The molecule has 0 saturated carbocycles. The molecule has 44 heavy (non-hydrogen) atoms. The van der Waals surface area contributed by atoms with Crippen molar-refractivity contribution in [2.45, 2.75) is 45.2 Å². The van der Waals surface area contributed by atoms with Crippen LogP contribution in [0.25, 0.3) is 0 Å². The second-order valence-corrected chi connectivity index (χ2v) is 12.1. The Labute approximate surface area is 258 Å². The number of halogens is 1. The fraction of sp³-hybridized carbons (Fsp3) is 0.312. The quantitative estimate of drug-likeness (QED) is 0.334. The Morgan fingerprint density at radius 1 is 1.07 bits per heavy atom. The molecular weight excluding hydrogens is 584 g/mol. The maximum Gasteiger partial charge on any atom is 0.262 e. The van der Waals surface area contributed by atoms with E-state index < -0.39 is 35.2 Å². The molecule has 4 heterocycles. The van der Waals surface area contributed by atoms with Gasteiger partial charge < -0.3 is 10.2 Å². The first-order valence-corrected chi connectivity index (χ1v) is 14.5. The van der Waals surface area contributed by atoms with Crippen LogP contribution in [0.15, 0.2) is 48.8 Å². The summed E-state index contributed by atoms with van der Waals surface area (Å²) in [5, 5.41) is 10.0. The standard InChI is InChI=1S/C32H29ClN6O5/c1-18-4-7-21(12-25(18)33)35-31(44)32(2,3)38-17-19(14-34-38)5-6-20-15-37(16-20)22-8-9-23-24(13-22)30(43)39(29(23)42)26-10-11-27(40)36-28(26)41/h4,7-9,12-14,17,20,26H,10-11,15-16H2,1-3H3,(H,35,44)(H,36,40,41). The Morgan fingerprint density at radius 2 is 1.82 bits per heavy atom. The molecule has 0 spiro atoms. The average molecular weight is 613 g/mol. The lowest BCUT2D eigenvalue weighted by Crippen LogP contribution is -2.54. The highest BCUT2D eigenvalue weighted by Crippen LogP contribution is 2.33. The van der Waals surface area contributed by atoms with Crippen LogP contribution in [-0.2, 0) is 19.9 Å². The first-order valence-electron chi connectivity index (χ1n) is 14.2. The molecule has 0 radical (unpaired) electrons. The highest BCUT2D eigenvalue weighted by molar-refractivity contribution is 6.31. The van der Waals surface area contributed by atoms with E-state index in [-0.39, 0.29) is 35.8 Å². The van der Waals surface area contributed by atoms with Gasteiger partial charge >= 0.3 is 0 Å². The van der Waals surface area contributed by atoms with Gasteiger partial charge in [0.1, 0.15) is 11.6 Å². The molecule has 2 saturated heterocycles. The molecule has 224 valence electrons. The average Bonchev–Trinajstić information content (AvgIpc) is 3.53. The van der Waals surface area contributed by atoms with Crippen molar-refractivity contribution in [2.75, 3.05) is 23.3 Å². The number of nitrogens with zero attached hydrogens (tertiary/aromatic N) is 4. The van der Waals surface area contributed by atoms with E-state index in [1.807, 2.05) is 13.0 Å². The molecule has 5 amide bonds. The minimum absolute atomic E-state index is 0.0723. The van der Waals surface area contributed by atoms with Gasteiger partial charge in [-0.1, -0.05) is 29.5 Å². The number of hydrogen-bond donors (Lipinski definition) is 2. The van der Waals surface area contributed by atoms with Gasteiger partial charge in [0.2, 0.25) is 11.8 Å². The van der Waals surface area contributed by atoms with E-state index in [0.29, 0.717) is 29.4 Å². The lowest BCUT2D eigenvalue weighted by atomic mass is 9.98. The van der Waals surface area contributed by atoms with Crippen molar-refractivity contribution in [1.82, 2.24) is 20.0 Å². The predicted octanol–water partition coefficient (Wildman–Crippen LogP) is 3.11. The number of benzene rings is 2. The van der Waals surface area contributed by atoms with E-state index in [0.717, 1.165) is 16.2 Å². The fourth-order valence-electron chi connectivity index (χ4n) is 5.37. The Hall–Kier alpha value is -4.95. The van der Waals surface area contributed by atoms with Crippen LogP contribution in [0.5, 0.6) is 0 Å². The third-order valence-corrected chi connectivity index (χ3v) is 8.64. The molecule has 11 nitrogen and oxygen atoms in total. The first kappa shape index (κ1) is 29.1. The van der Waals surface area contributed by atoms with Crippen LogP contribution in [0.1, 0.15) is 58.5 Å². The van der Waals surface area contributed by atoms with Crippen molar-refractivity contribution in [3.8, 4) is 11.8 Å². The molecule has 12 heteroatoms. The highest BCUT2D eigenvalue weighted by Gasteiger charge is 2.45. The number of aryl methyl sites for hydroxylation is 1. The molecule has 1 unspecified atom stereocenters. The van der Waals surface area contributed by atoms with Gasteiger partial charge in [-0.15, -0.1) is 0 Å². The first-order chi connectivity index (χ1) is 20.9. The second-order valence-electron chi connectivity index (χ2n) is 11.7. The Bertz CT molecular complexity index is 1810. The van der Waals surface area contributed by atoms with Gasteiger partial charge in [0.25, 0.3) is 17.7 Å². The molecule has 6 rings (SSSR count). The Morgan fingerprint density at radius 3 is 2.55 bits per heavy atom. The van der Waals surface area contributed by atoms with Gasteiger partial charge in [-0.05, 0) is 63.1 Å². The van der Waals surface area contributed by atoms with E-state index in [1.165, 1.54) is 0 Å². The van der Waals surface area contributed by atoms with E-state index in [9.17, 15) is 24.0 Å². The van der Waals surface area contributed by atoms with E-state index in [4.69, 9.17) is 11.6 Å². The van der Waals surface area contributed by atoms with Crippen LogP contribution >= 0.6 is 11.6 Å². The number of anilines is 2. The van der Waals surface area contributed by atoms with E-state index >= 15 is 0 Å². The van der Waals surface area contributed by atoms with Crippen LogP contribution < -0.4 is 15.5 Å². The van der Waals surface area contributed by atoms with Crippen LogP contribution in [-0.4, -0.2) is 63.3 Å². The SMILES string of the molecule is Cc1ccc(NC(=O)C(C)(C)n2cc(C#CC3CN(c4ccc5c(c4)C(=O)N(C4CCC(=O)NC4=O)C5=O)C3)cn2)cc1Cl. The summed E-state index contributed by atoms with van der Waals surface area (Å²) in [6, 6.07) is 9.42. The molecule has 3 aliphatic heterocycles. The summed E-state index contributed by atoms with van der Waals surface area (Å²) in [7, 11) is 0. The van der Waals surface area contributed by atoms with Crippen molar-refractivity contribution in [1.29, 1.82) is 0 Å². The minimum Gasteiger partial charge on any atom is -0.369 e. The third-order valence-electron chi connectivity index (χ3n) is 8.23. The van der Waals surface area contributed by atoms with Crippen molar-refractivity contribution >= 4 is 52.5 Å². The predicted molar refractivity (Wildman–Crippen MR) is 162 cm³/mol. The summed E-state index contributed by atoms with van der Waals surface area (Å²) in [6.45, 7) is 6.69. The lowest BCUT2D eigenvalue weighted by molar-refractivity contribution is -0.136. The Kier molecular flexibility index (Phi) is 7.25. The van der Waals surface area contributed by atoms with Gasteiger partial charge in [-0.2, -0.15) is 5.10 Å². The van der Waals surface area contributed by atoms with Crippen LogP contribution in [0.2, 0.25) is 5.02 Å². The van der Waals surface area contributed by atoms with Crippen molar-refractivity contribution in [3.63, 3.8) is 0 Å². The molecule has 0 bridgehead atoms. The maximum absolute atomic E-state index is 13.1. The van der Waals surface area contributed by atoms with Crippen molar-refractivity contribution in [2.24, 2.45) is 5.92 Å². The molecule has 3 aliphatic rings. The number of amides is 5. The third kappa shape index (κ3) is 5.22. The van der Waals surface area contributed by atoms with Crippen molar-refractivity contribution < 1.29 is 24.0 Å². The lowest BCUT2D eigenvalue weighted by Gasteiger charge is -2.38. The Balaban J connectivity index is 1.07. The number of hydrogen-bond acceptors (Lipinski definition) is 7. The number of imide groups is 2. The number of fused-ring (bicyclic) bond motifs is 1. The second kappa shape index (κ2) is 11.0. The summed E-state index contributed by atoms with van der Waals surface area (Å²) in [4.78, 5) is 66.0. The number of aromatic nitrogens is 2. The topological polar surface area (TPSA) is 134 Å². The molecule has 1 aromatic heterocycles. The van der Waals surface area contributed by atoms with E-state index in [1.54, 1.807) is 61.3 Å². The number of piperidine rings is 1. The molecule has 3 aromatic rings. The molecule has 2 fully saturated rings. The monoisotopic (exact) mass is 612 g/mol. The molecular formula is C32H29ClN6O5.